The topological polar surface area (TPSA) is 856 Å². The van der Waals surface area contributed by atoms with Crippen molar-refractivity contribution in [3.05, 3.63) is 0 Å². The number of aliphatic hydroxyl groups is 25. The van der Waals surface area contributed by atoms with E-state index < -0.39 is 402 Å². The highest BCUT2D eigenvalue weighted by molar-refractivity contribution is 5.75. The van der Waals surface area contributed by atoms with Crippen LogP contribution in [-0.4, -0.2) is 529 Å². The van der Waals surface area contributed by atoms with Crippen molar-refractivity contribution >= 4 is 35.4 Å². The molecule has 10 saturated heterocycles. The van der Waals surface area contributed by atoms with Gasteiger partial charge in [0.15, 0.2) is 62.9 Å². The van der Waals surface area contributed by atoms with E-state index in [0.29, 0.717) is 0 Å². The molecule has 6 amide bonds. The van der Waals surface area contributed by atoms with Crippen LogP contribution in [0.2, 0.25) is 0 Å². The Morgan fingerprint density at radius 3 is 0.906 bits per heavy atom. The first kappa shape index (κ1) is 105. The maximum atomic E-state index is 13.4. The molecule has 31 N–H and O–H groups in total. The highest BCUT2D eigenvalue weighted by Gasteiger charge is 2.62. The standard InChI is InChI=1S/C72H120N6O50/c1-17-39(91)52(104)55(107)69(113-17)111-16-32-59(49(101)33(63(109)114-32)73-18(2)85)124-67-37(77-22(6)89)51(103)58(29(13-84)119-67)125-70-56(108)60(126-72-62(53(105)43(95)27(11-82)118-72)128-68-38(78-23(7)90)50(102)57(28(12-83)120-68)123-65-35(75-20(4)87)47(99)41(93)25(9-80)116-65)45(97)31(121-70)15-112-71-61(127-66-36(76-21(5)88)48(100)42(94)26(10-81)117-66)54(106)44(96)30(122-71)14-110-64-34(74-19(3)86)46(98)40(92)24(8-79)115-64/h17,24-72,79-84,91-109H,8-16H2,1-7H3,(H,73,85)(H,74,86)(H,75,87)(H,76,88)(H,77,89)(H,78,90)/t17-,24-,25-,26-,27-,28-,29-,30-,31-,32-,33-,34-,35-,36-,37-,38-,39+,40-,41+,42-,43-,44-,45-,46-,47-,48-,49-,50-,51-,52+,53+,54+,55-,56+,57-,58-,59-,60+,61+,62+,63-,64-,65+,66+,67+,68+,69+,70+,71+,72-/m1/s1. The third-order valence-corrected chi connectivity index (χ3v) is 23.2. The third kappa shape index (κ3) is 23.9. The molecule has 0 saturated carbocycles. The molecule has 738 valence electrons. The minimum atomic E-state index is -2.66. The Balaban J connectivity index is 1.02. The van der Waals surface area contributed by atoms with Crippen molar-refractivity contribution in [3.8, 4) is 0 Å². The van der Waals surface area contributed by atoms with Gasteiger partial charge in [-0.25, -0.2) is 0 Å². The summed E-state index contributed by atoms with van der Waals surface area (Å²) >= 11 is 0. The van der Waals surface area contributed by atoms with Crippen molar-refractivity contribution in [3.63, 3.8) is 0 Å². The normalized spacial score (nSPS) is 47.8. The van der Waals surface area contributed by atoms with E-state index in [1.165, 1.54) is 6.92 Å². The van der Waals surface area contributed by atoms with E-state index in [1.54, 1.807) is 0 Å². The molecule has 0 bridgehead atoms. The van der Waals surface area contributed by atoms with Gasteiger partial charge in [0.1, 0.15) is 238 Å². The number of carbonyl (C=O) groups is 6. The molecule has 56 heteroatoms. The van der Waals surface area contributed by atoms with Gasteiger partial charge in [0.05, 0.1) is 65.6 Å². The highest BCUT2D eigenvalue weighted by Crippen LogP contribution is 2.41. The van der Waals surface area contributed by atoms with Crippen LogP contribution < -0.4 is 31.9 Å². The zero-order valence-corrected chi connectivity index (χ0v) is 69.6. The predicted octanol–water partition coefficient (Wildman–Crippen LogP) is -20.9. The van der Waals surface area contributed by atoms with Gasteiger partial charge in [-0.2, -0.15) is 0 Å². The first-order chi connectivity index (χ1) is 60.4. The summed E-state index contributed by atoms with van der Waals surface area (Å²) in [5, 5.41) is 297. The van der Waals surface area contributed by atoms with Crippen LogP contribution >= 0.6 is 0 Å². The molecule has 0 unspecified atom stereocenters. The Kier molecular flexibility index (Phi) is 37.8. The molecule has 50 atom stereocenters. The predicted molar refractivity (Wildman–Crippen MR) is 398 cm³/mol. The summed E-state index contributed by atoms with van der Waals surface area (Å²) in [5.74, 6) is -5.40. The summed E-state index contributed by atoms with van der Waals surface area (Å²) in [7, 11) is 0. The van der Waals surface area contributed by atoms with Gasteiger partial charge in [0.2, 0.25) is 35.4 Å². The molecule has 0 aromatic rings. The fourth-order valence-corrected chi connectivity index (χ4v) is 16.5. The minimum Gasteiger partial charge on any atom is -0.394 e. The maximum Gasteiger partial charge on any atom is 0.217 e. The molecule has 0 aromatic carbocycles. The number of nitrogens with one attached hydrogen (secondary N) is 6. The Labute approximate surface area is 726 Å². The summed E-state index contributed by atoms with van der Waals surface area (Å²) in [6.07, 6.45) is -91.4. The molecule has 0 aromatic heterocycles. The first-order valence-corrected chi connectivity index (χ1v) is 41.0. The lowest BCUT2D eigenvalue weighted by Crippen LogP contribution is -2.71. The SMILES string of the molecule is CC(=O)N[C@@H]1[C@@H](O)[C@H](O[C@@H]2O[C@H](CO)[C@@H](O[C@@H]3O[C@H](CO[C@H]4O[C@H](CO[C@@H]5O[C@H](CO)[C@@H](O)[C@H](O)[C@H]5NC(C)=O)[C@@H](O)[C@H](O)[C@@H]4O[C@@H]4O[C@H](CO)[C@@H](O)[C@H](O)[C@H]4NC(C)=O)[C@@H](O)[C@H](O[C@H]4O[C@H](CO)[C@@H](O)[C@H](O)[C@@H]4O[C@@H]4O[C@H](CO)[C@@H](O[C@@H]5O[C@H](CO)[C@H](O)[C@H](O)[C@H]5NC(C)=O)[C@H](O)[C@H]4NC(C)=O)[C@@H]3O)[C@H](O)[C@H]2NC(C)=O)[C@@H](CO[C@H]2O[C@H](C)[C@H](O)[C@H](O)[C@H]2O)O[C@H]1O. The van der Waals surface area contributed by atoms with Crippen molar-refractivity contribution < 1.29 is 246 Å². The lowest BCUT2D eigenvalue weighted by molar-refractivity contribution is -0.398. The molecule has 0 aliphatic carbocycles. The van der Waals surface area contributed by atoms with Crippen molar-refractivity contribution in [1.29, 1.82) is 0 Å². The van der Waals surface area contributed by atoms with Gasteiger partial charge in [0.25, 0.3) is 0 Å². The van der Waals surface area contributed by atoms with Crippen LogP contribution in [0.5, 0.6) is 0 Å². The second-order valence-electron chi connectivity index (χ2n) is 32.5. The van der Waals surface area contributed by atoms with Crippen LogP contribution in [-0.2, 0) is 119 Å². The van der Waals surface area contributed by atoms with Crippen molar-refractivity contribution in [2.45, 2.75) is 355 Å². The molecule has 128 heavy (non-hydrogen) atoms. The monoisotopic (exact) mass is 1870 g/mol. The van der Waals surface area contributed by atoms with Crippen molar-refractivity contribution in [1.82, 2.24) is 31.9 Å². The minimum absolute atomic E-state index is 0.817. The number of ether oxygens (including phenoxy) is 19. The van der Waals surface area contributed by atoms with Crippen LogP contribution in [0.1, 0.15) is 48.5 Å². The Hall–Kier alpha value is -4.94. The largest absolute Gasteiger partial charge is 0.394 e. The quantitative estimate of drug-likeness (QED) is 0.0290. The van der Waals surface area contributed by atoms with E-state index >= 15 is 0 Å². The summed E-state index contributed by atoms with van der Waals surface area (Å²) in [5.41, 5.74) is 0. The Morgan fingerprint density at radius 2 is 0.492 bits per heavy atom. The summed E-state index contributed by atoms with van der Waals surface area (Å²) in [4.78, 5) is 76.6. The Morgan fingerprint density at radius 1 is 0.219 bits per heavy atom. The number of rotatable bonds is 33. The molecule has 10 fully saturated rings. The Bertz CT molecular complexity index is 3550. The van der Waals surface area contributed by atoms with E-state index in [2.05, 4.69) is 31.9 Å². The first-order valence-electron chi connectivity index (χ1n) is 41.0. The van der Waals surface area contributed by atoms with E-state index in [4.69, 9.17) is 90.0 Å². The summed E-state index contributed by atoms with van der Waals surface area (Å²) in [6, 6.07) is -11.0. The molecule has 0 spiro atoms. The third-order valence-electron chi connectivity index (χ3n) is 23.2. The number of carbonyl (C=O) groups excluding carboxylic acids is 6. The number of amides is 6. The number of aliphatic hydroxyl groups excluding tert-OH is 25. The fraction of sp³-hybridized carbons (Fsp3) is 0.917. The van der Waals surface area contributed by atoms with Crippen molar-refractivity contribution in [2.75, 3.05) is 59.5 Å². The van der Waals surface area contributed by atoms with Gasteiger partial charge < -0.3 is 250 Å². The zero-order valence-electron chi connectivity index (χ0n) is 69.6. The lowest BCUT2D eigenvalue weighted by Gasteiger charge is -2.51. The van der Waals surface area contributed by atoms with E-state index in [9.17, 15) is 156 Å². The van der Waals surface area contributed by atoms with Gasteiger partial charge in [0, 0.05) is 41.5 Å². The highest BCUT2D eigenvalue weighted by atomic mass is 16.8. The average molecular weight is 1870 g/mol. The van der Waals surface area contributed by atoms with E-state index in [0.717, 1.165) is 41.5 Å². The molecule has 56 nitrogen and oxygen atoms in total. The molecule has 0 radical (unpaired) electrons. The van der Waals surface area contributed by atoms with Gasteiger partial charge in [-0.1, -0.05) is 0 Å². The molecular formula is C72H120N6O50. The van der Waals surface area contributed by atoms with Crippen molar-refractivity contribution in [2.24, 2.45) is 0 Å². The smallest absolute Gasteiger partial charge is 0.217 e. The number of hydrogen-bond donors (Lipinski definition) is 31. The molecular weight excluding hydrogens is 1750 g/mol. The summed E-state index contributed by atoms with van der Waals surface area (Å²) < 4.78 is 114. The molecule has 10 rings (SSSR count). The maximum absolute atomic E-state index is 13.4. The van der Waals surface area contributed by atoms with Crippen LogP contribution in [0.3, 0.4) is 0 Å². The molecule has 10 aliphatic rings. The second-order valence-corrected chi connectivity index (χ2v) is 32.5. The van der Waals surface area contributed by atoms with E-state index in [1.807, 2.05) is 0 Å². The lowest BCUT2D eigenvalue weighted by atomic mass is 9.93. The van der Waals surface area contributed by atoms with E-state index in [-0.39, 0.29) is 0 Å². The van der Waals surface area contributed by atoms with Gasteiger partial charge in [-0.3, -0.25) is 28.8 Å². The van der Waals surface area contributed by atoms with Gasteiger partial charge >= 0.3 is 0 Å². The van der Waals surface area contributed by atoms with Crippen LogP contribution in [0.4, 0.5) is 0 Å². The van der Waals surface area contributed by atoms with Crippen LogP contribution in [0.15, 0.2) is 0 Å². The van der Waals surface area contributed by atoms with Gasteiger partial charge in [-0.05, 0) is 6.92 Å². The van der Waals surface area contributed by atoms with Gasteiger partial charge in [-0.15, -0.1) is 0 Å². The molecule has 10 aliphatic heterocycles. The second kappa shape index (κ2) is 46.1. The number of hydrogen-bond acceptors (Lipinski definition) is 50. The van der Waals surface area contributed by atoms with Crippen LogP contribution in [0.25, 0.3) is 0 Å². The fourth-order valence-electron chi connectivity index (χ4n) is 16.5. The molecule has 10 heterocycles. The zero-order chi connectivity index (χ0) is 94.4. The summed E-state index contributed by atoms with van der Waals surface area (Å²) in [6.45, 7) is -2.74. The van der Waals surface area contributed by atoms with Crippen LogP contribution in [0, 0.1) is 0 Å². The average Bonchev–Trinajstić information content (AvgIpc) is 0.766.